The van der Waals surface area contributed by atoms with E-state index < -0.39 is 34.9 Å². The number of nitrogens with zero attached hydrogens (tertiary/aromatic N) is 12. The van der Waals surface area contributed by atoms with Crippen LogP contribution in [0.15, 0.2) is 262 Å². The first-order valence-electron chi connectivity index (χ1n) is 30.7. The van der Waals surface area contributed by atoms with Crippen molar-refractivity contribution < 1.29 is 137 Å². The molecule has 15 rings (SSSR count). The van der Waals surface area contributed by atoms with Crippen LogP contribution in [0, 0.1) is 86.3 Å². The maximum absolute atomic E-state index is 13.8. The predicted molar refractivity (Wildman–Crippen MR) is 388 cm³/mol. The molecule has 2 aliphatic rings. The van der Waals surface area contributed by atoms with Crippen LogP contribution >= 0.6 is 11.3 Å². The van der Waals surface area contributed by atoms with Gasteiger partial charge in [0.15, 0.2) is 11.5 Å². The van der Waals surface area contributed by atoms with Gasteiger partial charge in [0.25, 0.3) is 0 Å². The van der Waals surface area contributed by atoms with Gasteiger partial charge in [-0.05, 0) is 123 Å². The molecule has 0 saturated carbocycles. The summed E-state index contributed by atoms with van der Waals surface area (Å²) in [7, 11) is 3.99. The zero-order valence-corrected chi connectivity index (χ0v) is 69.8. The summed E-state index contributed by atoms with van der Waals surface area (Å²) in [6.45, 7) is 15.4. The number of nitrogens with one attached hydrogen (secondary N) is 1. The van der Waals surface area contributed by atoms with Crippen molar-refractivity contribution in [2.75, 3.05) is 28.8 Å². The number of aliphatic hydroxyl groups excluding tert-OH is 1. The van der Waals surface area contributed by atoms with E-state index in [1.165, 1.54) is 72.0 Å². The number of carbonyl (C=O) groups is 2. The number of pyridine rings is 5. The van der Waals surface area contributed by atoms with Crippen LogP contribution in [-0.4, -0.2) is 65.8 Å². The number of hydrogen-bond acceptors (Lipinski definition) is 14. The molecule has 7 aromatic heterocycles. The van der Waals surface area contributed by atoms with E-state index in [2.05, 4.69) is 142 Å². The van der Waals surface area contributed by atoms with Crippen molar-refractivity contribution in [1.82, 2.24) is 40.0 Å². The number of benzene rings is 6. The van der Waals surface area contributed by atoms with E-state index in [-0.39, 0.29) is 135 Å². The van der Waals surface area contributed by atoms with Crippen molar-refractivity contribution in [3.05, 3.63) is 363 Å². The molecule has 0 fully saturated rings. The number of ketones is 1. The zero-order valence-electron chi connectivity index (χ0n) is 57.0. The summed E-state index contributed by atoms with van der Waals surface area (Å²) >= 11 is 1.73. The Labute approximate surface area is 689 Å². The van der Waals surface area contributed by atoms with Gasteiger partial charge < -0.3 is 60.4 Å². The number of amides is 1. The van der Waals surface area contributed by atoms with E-state index in [1.54, 1.807) is 78.5 Å². The van der Waals surface area contributed by atoms with Crippen LogP contribution in [0.3, 0.4) is 0 Å². The number of aliphatic hydroxyl groups is 1. The van der Waals surface area contributed by atoms with Gasteiger partial charge >= 0.3 is 20.1 Å². The van der Waals surface area contributed by atoms with Crippen molar-refractivity contribution in [2.45, 2.75) is 20.8 Å². The van der Waals surface area contributed by atoms with Gasteiger partial charge in [0.05, 0.1) is 23.9 Å². The molecule has 0 saturated heterocycles. The Balaban J connectivity index is 0.000000319. The first-order chi connectivity index (χ1) is 49.3. The summed E-state index contributed by atoms with van der Waals surface area (Å²) in [6, 6.07) is 73.3. The van der Waals surface area contributed by atoms with Gasteiger partial charge in [-0.25, -0.2) is 11.3 Å². The fourth-order valence-electron chi connectivity index (χ4n) is 8.95. The number of thiophene rings is 1. The van der Waals surface area contributed by atoms with E-state index in [4.69, 9.17) is 17.4 Å². The average Bonchev–Trinajstić information content (AvgIpc) is 1.71. The van der Waals surface area contributed by atoms with Crippen LogP contribution in [0.5, 0.6) is 0 Å². The second kappa shape index (κ2) is 47.7. The number of allylic oxidation sites excluding steroid dienone is 2. The van der Waals surface area contributed by atoms with E-state index in [0.717, 1.165) is 57.1 Å². The Morgan fingerprint density at radius 1 is 0.598 bits per heavy atom. The van der Waals surface area contributed by atoms with Gasteiger partial charge in [-0.2, -0.15) is 49.7 Å². The molecule has 0 atom stereocenters. The van der Waals surface area contributed by atoms with Crippen LogP contribution in [0.2, 0.25) is 0 Å². The Morgan fingerprint density at radius 3 is 1.73 bits per heavy atom. The van der Waals surface area contributed by atoms with E-state index in [0.29, 0.717) is 11.4 Å². The molecular formula is C80H61F5Ir5N13O3S-6. The van der Waals surface area contributed by atoms with Crippen LogP contribution in [-0.2, 0) is 105 Å². The van der Waals surface area contributed by atoms with Crippen molar-refractivity contribution in [3.63, 3.8) is 0 Å². The van der Waals surface area contributed by atoms with Gasteiger partial charge in [-0.3, -0.25) is 41.6 Å². The summed E-state index contributed by atoms with van der Waals surface area (Å²) in [5.41, 5.74) is 15.1. The third-order valence-electron chi connectivity index (χ3n) is 13.6. The number of hydrogen-bond donors (Lipinski definition) is 1. The molecule has 27 heteroatoms. The van der Waals surface area contributed by atoms with Gasteiger partial charge in [-0.15, -0.1) is 83.0 Å². The van der Waals surface area contributed by atoms with Gasteiger partial charge in [-0.1, -0.05) is 95.7 Å². The largest absolute Gasteiger partial charge is 3.00 e. The number of fused-ring (bicyclic) bond motifs is 2. The first-order valence-corrected chi connectivity index (χ1v) is 31.5. The molecule has 6 aromatic carbocycles. The molecule has 0 spiro atoms. The topological polar surface area (TPSA) is 187 Å². The summed E-state index contributed by atoms with van der Waals surface area (Å²) < 4.78 is 66.6. The molecule has 4 radical (unpaired) electrons. The molecule has 1 amide bonds. The normalized spacial score (nSPS) is 10.9. The van der Waals surface area contributed by atoms with Crippen LogP contribution in [0.25, 0.3) is 65.1 Å². The Hall–Kier alpha value is -9.75. The monoisotopic (exact) mass is 2340 g/mol. The number of rotatable bonds is 8. The van der Waals surface area contributed by atoms with Crippen LogP contribution in [0.4, 0.5) is 50.4 Å². The minimum atomic E-state index is -0.918. The predicted octanol–water partition coefficient (Wildman–Crippen LogP) is 18.8. The standard InChI is InChI=1S/C14H12N2.C13H7F2N2.C13H8NS.C11H6F2N.C10H9FN2.C8H6N3.C6H6N2O.C5H8O2.5Ir/c1-15-11-16(12-7-3-2-4-8-12)14-10-6-5-9-13(14)15;1-8-5-6-17-11(7-8)9-3-4-10(14)13(16-2)12(9)15;1-2-7-12-10(5-1)9-13(15-12)11-6-3-4-8-14-11;12-8-4-5-9(10(13)7-8)11-3-1-2-6-14-11;1-12-6-7-13(8-12)10-4-2-9(11)3-5-10;1-2-5-9-7(3-1)8-4-6-10-11-8;7-6(9)5-3-1-2-4-8-5;1-4(6)3-5(2)7;;;;;/h2-7,9-11H,1H3;4-7H,1H3;1-8H;1-4,6-7H;2-4,6-8H,1H3;1-6H;1-4H,(H2,7,9);3,6H,1-2H3;;;;;/q-2;3*-1;-2;-1;;;;;;;+3/p-1. The molecule has 107 heavy (non-hydrogen) atoms. The molecule has 0 aliphatic carbocycles. The summed E-state index contributed by atoms with van der Waals surface area (Å²) in [5.74, 6) is -4.18. The Morgan fingerprint density at radius 2 is 1.21 bits per heavy atom. The summed E-state index contributed by atoms with van der Waals surface area (Å²) in [5, 5.41) is 17.1. The maximum Gasteiger partial charge on any atom is 3.00 e. The number of halogens is 5. The molecule has 2 aliphatic heterocycles. The molecular weight excluding hydrogens is 2280 g/mol. The van der Waals surface area contributed by atoms with E-state index in [1.807, 2.05) is 116 Å². The molecule has 13 aromatic rings. The van der Waals surface area contributed by atoms with E-state index in [9.17, 15) is 31.5 Å². The number of aryl methyl sites for hydroxylation is 1. The third-order valence-corrected chi connectivity index (χ3v) is 14.7. The number of carbonyl (C=O) groups excluding carboxylic acids is 2. The van der Waals surface area contributed by atoms with Gasteiger partial charge in [0.1, 0.15) is 0 Å². The Kier molecular flexibility index (Phi) is 40.8. The molecule has 0 bridgehead atoms. The van der Waals surface area contributed by atoms with Crippen LogP contribution in [0.1, 0.15) is 29.9 Å². The fourth-order valence-corrected chi connectivity index (χ4v) is 9.93. The zero-order chi connectivity index (χ0) is 72.8. The fraction of sp³-hybridized carbons (Fsp3) is 0.0625. The minimum absolute atomic E-state index is 0. The Bertz CT molecular complexity index is 4880. The number of anilines is 4. The number of para-hydroxylation sites is 3. The summed E-state index contributed by atoms with van der Waals surface area (Å²) in [6.07, 6.45) is 14.7. The SMILES string of the molecule is CC(=O)C=C(C)O.CN1C=CN(c2[c-]cc(F)cc2)[CH-]1.CN1[CH-]N(c2[c-]cccc2)c2ccccc21.Fc1c[c-]c(-c2ccccn2)c(F)c1.[C-]#[N+]c1c(F)c[c-]c(-c2cc(C)ccn2)c1F.[Ir+3].[Ir].[Ir].[Ir].[Ir].[NH-]C(=O)c1ccccn1.[c-]1c(-c2ccccn2)sc2ccccc12.c1ccc(-c2ccn[n-]2)nc1. The average molecular weight is 2340 g/mol. The van der Waals surface area contributed by atoms with Gasteiger partial charge in [0, 0.05) is 176 Å². The molecule has 9 heterocycles. The quantitative estimate of drug-likeness (QED) is 0.0655. The smallest absolute Gasteiger partial charge is 0.662 e. The molecule has 0 unspecified atom stereocenters. The third kappa shape index (κ3) is 28.8. The van der Waals surface area contributed by atoms with Crippen molar-refractivity contribution in [3.8, 4) is 44.5 Å². The molecule has 556 valence electrons. The van der Waals surface area contributed by atoms with Gasteiger partial charge in [0.2, 0.25) is 0 Å². The second-order valence-corrected chi connectivity index (χ2v) is 22.4. The first kappa shape index (κ1) is 91.5. The summed E-state index contributed by atoms with van der Waals surface area (Å²) in [4.78, 5) is 52.3. The van der Waals surface area contributed by atoms with Crippen molar-refractivity contribution >= 4 is 61.6 Å². The van der Waals surface area contributed by atoms with Crippen LogP contribution < -0.4 is 19.8 Å². The second-order valence-electron chi connectivity index (χ2n) is 21.3. The number of aromatic nitrogens is 7. The molecule has 2 N–H and O–H groups in total. The van der Waals surface area contributed by atoms with E-state index >= 15 is 0 Å². The minimum Gasteiger partial charge on any atom is -0.662 e. The maximum atomic E-state index is 13.8. The van der Waals surface area contributed by atoms with Crippen molar-refractivity contribution in [1.29, 1.82) is 0 Å². The molecule has 16 nitrogen and oxygen atoms in total. The van der Waals surface area contributed by atoms with Crippen molar-refractivity contribution in [2.24, 2.45) is 0 Å².